The molecule has 4 aromatic heterocycles. The number of halogens is 2. The van der Waals surface area contributed by atoms with Crippen LogP contribution in [0.25, 0.3) is 22.3 Å². The minimum Gasteiger partial charge on any atom is -0.382 e. The zero-order valence-electron chi connectivity index (χ0n) is 22.5. The number of thiol groups is 1. The van der Waals surface area contributed by atoms with Crippen LogP contribution >= 0.6 is 25.8 Å². The number of nitrogens with two attached hydrogens (primary N) is 2. The highest BCUT2D eigenvalue weighted by molar-refractivity contribution is 8.44. The number of imidazole rings is 2. The molecule has 236 valence electrons. The molecule has 1 aliphatic heterocycles. The van der Waals surface area contributed by atoms with Crippen LogP contribution in [0.2, 0.25) is 0 Å². The maximum absolute atomic E-state index is 16.1. The fraction of sp³-hybridized carbons (Fsp3) is 0.545. The fourth-order valence-electron chi connectivity index (χ4n) is 6.23. The molecular weight excluding hydrogens is 664 g/mol. The highest BCUT2D eigenvalue weighted by Gasteiger charge is 2.52. The summed E-state index contributed by atoms with van der Waals surface area (Å²) in [6, 6.07) is -1.80. The van der Waals surface area contributed by atoms with Crippen molar-refractivity contribution in [3.63, 3.8) is 0 Å². The van der Waals surface area contributed by atoms with Gasteiger partial charge >= 0.3 is 13.5 Å². The maximum atomic E-state index is 16.1. The van der Waals surface area contributed by atoms with Gasteiger partial charge in [0.1, 0.15) is 48.2 Å². The van der Waals surface area contributed by atoms with Crippen molar-refractivity contribution in [3.05, 3.63) is 25.3 Å². The quantitative estimate of drug-likeness (QED) is 0.176. The number of fused-ring (bicyclic) bond motifs is 4. The molecule has 3 fully saturated rings. The Labute approximate surface area is 257 Å². The fourth-order valence-corrected chi connectivity index (χ4v) is 9.31. The molecule has 4 aromatic rings. The van der Waals surface area contributed by atoms with E-state index in [4.69, 9.17) is 41.4 Å². The average Bonchev–Trinajstić information content (AvgIpc) is 3.73. The second-order valence-electron chi connectivity index (χ2n) is 10.8. The van der Waals surface area contributed by atoms with Crippen molar-refractivity contribution in [1.82, 2.24) is 39.0 Å². The number of hydrogen-bond acceptors (Lipinski definition) is 14. The summed E-state index contributed by atoms with van der Waals surface area (Å²) < 4.78 is 71.3. The lowest BCUT2D eigenvalue weighted by atomic mass is 10.1. The normalized spacial score (nSPS) is 38.3. The smallest absolute Gasteiger partial charge is 0.382 e. The second kappa shape index (κ2) is 11.1. The summed E-state index contributed by atoms with van der Waals surface area (Å²) >= 11 is 9.37. The molecule has 2 saturated carbocycles. The molecule has 1 saturated heterocycles. The molecule has 16 nitrogen and oxygen atoms in total. The lowest BCUT2D eigenvalue weighted by molar-refractivity contribution is 0.0127. The van der Waals surface area contributed by atoms with Gasteiger partial charge in [-0.1, -0.05) is 12.2 Å². The lowest BCUT2D eigenvalue weighted by Crippen LogP contribution is -2.33. The molecular formula is C22H26F2N10O6P2S2. The average molecular weight is 691 g/mol. The summed E-state index contributed by atoms with van der Waals surface area (Å²) in [5, 5.41) is 0. The van der Waals surface area contributed by atoms with Gasteiger partial charge in [0, 0.05) is 11.8 Å². The first-order valence-corrected chi connectivity index (χ1v) is 18.7. The van der Waals surface area contributed by atoms with Gasteiger partial charge in [-0.2, -0.15) is 0 Å². The van der Waals surface area contributed by atoms with Crippen molar-refractivity contribution in [2.24, 2.45) is 11.8 Å². The monoisotopic (exact) mass is 690 g/mol. The predicted octanol–water partition coefficient (Wildman–Crippen LogP) is 2.70. The molecule has 0 amide bonds. The van der Waals surface area contributed by atoms with E-state index in [1.54, 1.807) is 0 Å². The number of alkyl halides is 2. The Kier molecular flexibility index (Phi) is 7.66. The van der Waals surface area contributed by atoms with Crippen LogP contribution in [0, 0.1) is 11.8 Å². The molecule has 5 heterocycles. The standard InChI is InChI=1S/C22H26F2N10O6P2S2/c23-13-11(33-7-31-15-19(25)27-5-29-21(15)33)1-9-3-37-41(35,43)40-18-10(4-38-42(36,44)39-17(9)13)2-12(14(18)24)34-8-32-16-20(26)28-6-30-22(16)34/h5-14,17-18H,1-4H2,(H,35,43)(H,36,44)(H2,25,27,29)(H2,26,28,30)/t9-,10-,11-,12-,13-,14?,17?,18+,41?,42?/m1/s1. The highest BCUT2D eigenvalue weighted by Crippen LogP contribution is 2.60. The van der Waals surface area contributed by atoms with Gasteiger partial charge in [0.15, 0.2) is 22.9 Å². The van der Waals surface area contributed by atoms with Crippen LogP contribution in [0.4, 0.5) is 20.4 Å². The molecule has 10 atom stereocenters. The Morgan fingerprint density at radius 2 is 1.32 bits per heavy atom. The number of rotatable bonds is 2. The lowest BCUT2D eigenvalue weighted by Gasteiger charge is -2.30. The Balaban J connectivity index is 1.17. The zero-order valence-corrected chi connectivity index (χ0v) is 26.0. The Morgan fingerprint density at radius 3 is 1.84 bits per heavy atom. The predicted molar refractivity (Wildman–Crippen MR) is 158 cm³/mol. The molecule has 0 radical (unpaired) electrons. The molecule has 2 aliphatic carbocycles. The Morgan fingerprint density at radius 1 is 0.841 bits per heavy atom. The first kappa shape index (κ1) is 30.3. The number of hydrogen-bond donors (Lipinski definition) is 4. The molecule has 0 bridgehead atoms. The summed E-state index contributed by atoms with van der Waals surface area (Å²) in [5.41, 5.74) is 12.9. The first-order chi connectivity index (χ1) is 20.9. The number of nitrogens with zero attached hydrogens (tertiary/aromatic N) is 8. The number of aromatic nitrogens is 8. The summed E-state index contributed by atoms with van der Waals surface area (Å²) in [4.78, 5) is 35.6. The van der Waals surface area contributed by atoms with E-state index in [1.807, 2.05) is 0 Å². The zero-order chi connectivity index (χ0) is 31.0. The van der Waals surface area contributed by atoms with Crippen molar-refractivity contribution in [2.75, 3.05) is 24.7 Å². The van der Waals surface area contributed by atoms with Crippen LogP contribution in [0.5, 0.6) is 0 Å². The van der Waals surface area contributed by atoms with Gasteiger partial charge in [-0.3, -0.25) is 4.52 Å². The van der Waals surface area contributed by atoms with Gasteiger partial charge in [0.25, 0.3) is 0 Å². The third-order valence-electron chi connectivity index (χ3n) is 8.28. The van der Waals surface area contributed by atoms with Crippen molar-refractivity contribution < 1.29 is 36.3 Å². The molecule has 44 heavy (non-hydrogen) atoms. The molecule has 4 unspecified atom stereocenters. The van der Waals surface area contributed by atoms with E-state index in [0.717, 1.165) is 0 Å². The van der Waals surface area contributed by atoms with Gasteiger partial charge < -0.3 is 39.1 Å². The largest absolute Gasteiger partial charge is 0.386 e. The van der Waals surface area contributed by atoms with E-state index in [2.05, 4.69) is 42.2 Å². The Hall–Kier alpha value is -2.41. The van der Waals surface area contributed by atoms with Gasteiger partial charge in [0.2, 0.25) is 0 Å². The number of anilines is 2. The highest BCUT2D eigenvalue weighted by atomic mass is 32.7. The minimum atomic E-state index is -4.22. The summed E-state index contributed by atoms with van der Waals surface area (Å²) in [6.45, 7) is -9.03. The maximum Gasteiger partial charge on any atom is 0.386 e. The molecule has 0 aromatic carbocycles. The van der Waals surface area contributed by atoms with Crippen LogP contribution in [-0.2, 0) is 34.5 Å². The van der Waals surface area contributed by atoms with E-state index in [-0.39, 0.29) is 48.7 Å². The number of nitrogen functional groups attached to an aromatic ring is 2. The molecule has 7 rings (SSSR count). The van der Waals surface area contributed by atoms with Crippen molar-refractivity contribution in [3.8, 4) is 0 Å². The van der Waals surface area contributed by atoms with Crippen LogP contribution in [0.3, 0.4) is 0 Å². The molecule has 0 spiro atoms. The van der Waals surface area contributed by atoms with E-state index < -0.39 is 62.0 Å². The van der Waals surface area contributed by atoms with E-state index >= 15 is 8.78 Å². The van der Waals surface area contributed by atoms with Crippen molar-refractivity contribution >= 4 is 71.5 Å². The third-order valence-corrected chi connectivity index (χ3v) is 11.5. The van der Waals surface area contributed by atoms with Crippen LogP contribution in [0.15, 0.2) is 25.3 Å². The molecule has 5 N–H and O–H groups in total. The molecule has 22 heteroatoms. The van der Waals surface area contributed by atoms with Crippen molar-refractivity contribution in [1.29, 1.82) is 0 Å². The van der Waals surface area contributed by atoms with E-state index in [9.17, 15) is 9.46 Å². The van der Waals surface area contributed by atoms with Crippen molar-refractivity contribution in [2.45, 2.75) is 49.5 Å². The topological polar surface area (TPSA) is 213 Å². The summed E-state index contributed by atoms with van der Waals surface area (Å²) in [5.74, 6) is -1.36. The van der Waals surface area contributed by atoms with Crippen LogP contribution < -0.4 is 11.5 Å². The van der Waals surface area contributed by atoms with E-state index in [1.165, 1.54) is 34.4 Å². The SMILES string of the molecule is Nc1ncnc2c1ncn2[C@@H]1C[C@@H]2COP(O)(=S)OC3[C@@H](COP(=O)(S)O[C@@H]2C1F)C[C@@H](n1cnc2c(N)ncnc21)[C@H]3F. The summed E-state index contributed by atoms with van der Waals surface area (Å²) in [7, 11) is 0. The van der Waals surface area contributed by atoms with Crippen LogP contribution in [0.1, 0.15) is 24.9 Å². The minimum absolute atomic E-state index is 0.0723. The first-order valence-electron chi connectivity index (χ1n) is 13.4. The summed E-state index contributed by atoms with van der Waals surface area (Å²) in [6.07, 6.45) is -0.827. The van der Waals surface area contributed by atoms with Gasteiger partial charge in [-0.25, -0.2) is 43.2 Å². The second-order valence-corrected chi connectivity index (χ2v) is 16.5. The Bertz CT molecular complexity index is 1710. The third kappa shape index (κ3) is 5.29. The van der Waals surface area contributed by atoms with Gasteiger partial charge in [-0.15, -0.1) is 0 Å². The van der Waals surface area contributed by atoms with E-state index in [0.29, 0.717) is 11.3 Å². The van der Waals surface area contributed by atoms with Gasteiger partial charge in [-0.05, 0) is 24.6 Å². The molecule has 3 aliphatic rings. The van der Waals surface area contributed by atoms with Crippen LogP contribution in [-0.4, -0.2) is 81.7 Å². The van der Waals surface area contributed by atoms with Gasteiger partial charge in [0.05, 0.1) is 38.0 Å².